The van der Waals surface area contributed by atoms with Gasteiger partial charge in [-0.3, -0.25) is 38.5 Å². The van der Waals surface area contributed by atoms with E-state index in [1.807, 2.05) is 13.8 Å². The molecule has 1 unspecified atom stereocenters. The fraction of sp³-hybridized carbons (Fsp3) is 0.449. The van der Waals surface area contributed by atoms with Crippen LogP contribution in [0, 0.1) is 11.8 Å². The lowest BCUT2D eigenvalue weighted by Gasteiger charge is -2.22. The number of nitrogens with two attached hydrogens (primary N) is 3. The van der Waals surface area contributed by atoms with Crippen molar-refractivity contribution >= 4 is 93.0 Å². The first-order chi connectivity index (χ1) is 35.3. The number of nitrogen functional groups attached to an aromatic ring is 3. The molecule has 3 aromatic heterocycles. The second kappa shape index (κ2) is 25.6. The van der Waals surface area contributed by atoms with Gasteiger partial charge in [-0.1, -0.05) is 38.8 Å². The summed E-state index contributed by atoms with van der Waals surface area (Å²) in [7, 11) is 0. The highest BCUT2D eigenvalue weighted by atomic mass is 32.2. The Labute approximate surface area is 430 Å². The van der Waals surface area contributed by atoms with E-state index in [1.165, 1.54) is 35.0 Å². The van der Waals surface area contributed by atoms with Crippen molar-refractivity contribution in [3.8, 4) is 11.4 Å². The van der Waals surface area contributed by atoms with Crippen LogP contribution in [0.1, 0.15) is 117 Å². The van der Waals surface area contributed by atoms with Crippen LogP contribution in [-0.2, 0) is 41.7 Å². The number of likely N-dealkylation sites (tertiary alicyclic amines) is 1. The minimum absolute atomic E-state index is 0.00547. The lowest BCUT2D eigenvalue weighted by molar-refractivity contribution is -0.140. The van der Waals surface area contributed by atoms with Gasteiger partial charge in [0, 0.05) is 67.1 Å². The van der Waals surface area contributed by atoms with Crippen molar-refractivity contribution in [1.82, 2.24) is 56.1 Å². The van der Waals surface area contributed by atoms with Crippen LogP contribution in [0.15, 0.2) is 42.6 Å². The maximum Gasteiger partial charge on any atom is 0.326 e. The number of amides is 4. The number of fused-ring (bicyclic) bond motifs is 1. The van der Waals surface area contributed by atoms with Crippen LogP contribution < -0.4 is 33.2 Å². The summed E-state index contributed by atoms with van der Waals surface area (Å²) in [5.74, 6) is -4.11. The molecule has 74 heavy (non-hydrogen) atoms. The normalized spacial score (nSPS) is 14.7. The number of aromatic nitrogens is 8. The van der Waals surface area contributed by atoms with Crippen LogP contribution in [0.2, 0.25) is 0 Å². The zero-order valence-corrected chi connectivity index (χ0v) is 42.4. The van der Waals surface area contributed by atoms with Gasteiger partial charge in [-0.15, -0.1) is 10.2 Å². The van der Waals surface area contributed by atoms with Crippen molar-refractivity contribution in [3.63, 3.8) is 0 Å². The molecule has 4 heterocycles. The number of nitrogens with zero attached hydrogens (tertiary/aromatic N) is 8. The second-order valence-electron chi connectivity index (χ2n) is 18.4. The Kier molecular flexibility index (Phi) is 19.2. The molecule has 0 spiro atoms. The van der Waals surface area contributed by atoms with E-state index in [4.69, 9.17) is 17.2 Å². The summed E-state index contributed by atoms with van der Waals surface area (Å²) in [5, 5.41) is 32.2. The van der Waals surface area contributed by atoms with E-state index in [1.54, 1.807) is 37.4 Å². The molecular weight excluding hydrogens is 975 g/mol. The Hall–Kier alpha value is -7.96. The number of Topliss-reactive ketones (excluding diaryl/α,β-unsaturated/α-hetero) is 3. The quantitative estimate of drug-likeness (QED) is 0.0154. The van der Waals surface area contributed by atoms with E-state index >= 15 is 0 Å². The van der Waals surface area contributed by atoms with Crippen LogP contribution in [0.25, 0.3) is 22.6 Å². The molecule has 1 aliphatic heterocycles. The predicted molar refractivity (Wildman–Crippen MR) is 275 cm³/mol. The number of unbranched alkanes of at least 4 members (excludes halogenated alkanes) is 3. The summed E-state index contributed by atoms with van der Waals surface area (Å²) in [5.41, 5.74) is 20.6. The molecule has 392 valence electrons. The standard InChI is InChI=1S/C49H61N15O9S/c1-25(2)33(21-30(65)10-6-5-9-17-64-40(68)22-39(74-4)47(64)71)46(70)55-26(3)38(67)19-27-13-15-31(34(18-27)43-60-62-63-61-43)37(66)12-8-7-11-36(48(72)73)57-45(69)32-16-14-28(20-35(32)50)53-23-29-24-54-44-41(56-29)42(51)58-49(52)59-44/h13-16,18,20,24-26,33,36,39,53H,5-12,17,19,21-23,50H2,1-4H3,(H,55,70)(H,57,69)(H,72,73)(H,60,61,62,63)(H4,51,52,54,58,59)/t26-,33-,36-,39?/m0/s1. The lowest BCUT2D eigenvalue weighted by atomic mass is 9.88. The minimum atomic E-state index is -1.28. The third-order valence-electron chi connectivity index (χ3n) is 12.6. The number of aliphatic carboxylic acids is 1. The minimum Gasteiger partial charge on any atom is -0.480 e. The monoisotopic (exact) mass is 1040 g/mol. The fourth-order valence-corrected chi connectivity index (χ4v) is 9.02. The number of tetrazole rings is 1. The average molecular weight is 1040 g/mol. The number of ketones is 3. The molecule has 0 saturated carbocycles. The van der Waals surface area contributed by atoms with E-state index < -0.39 is 35.8 Å². The molecule has 1 saturated heterocycles. The molecule has 4 amide bonds. The van der Waals surface area contributed by atoms with Gasteiger partial charge in [0.05, 0.1) is 35.3 Å². The molecule has 24 nitrogen and oxygen atoms in total. The van der Waals surface area contributed by atoms with Crippen LogP contribution >= 0.6 is 11.8 Å². The summed E-state index contributed by atoms with van der Waals surface area (Å²) in [6.45, 7) is 5.77. The van der Waals surface area contributed by atoms with Crippen LogP contribution in [0.3, 0.4) is 0 Å². The van der Waals surface area contributed by atoms with Gasteiger partial charge in [-0.25, -0.2) is 14.8 Å². The first-order valence-corrected chi connectivity index (χ1v) is 25.5. The molecule has 11 N–H and O–H groups in total. The number of carbonyl (C=O) groups is 8. The van der Waals surface area contributed by atoms with Gasteiger partial charge in [-0.05, 0) is 79.8 Å². The third kappa shape index (κ3) is 14.6. The predicted octanol–water partition coefficient (Wildman–Crippen LogP) is 3.48. The molecule has 0 radical (unpaired) electrons. The number of carboxylic acid groups (broad SMARTS) is 1. The van der Waals surface area contributed by atoms with E-state index in [2.05, 4.69) is 56.5 Å². The molecule has 0 aliphatic carbocycles. The number of carboxylic acids is 1. The summed E-state index contributed by atoms with van der Waals surface area (Å²) >= 11 is 1.37. The van der Waals surface area contributed by atoms with Crippen molar-refractivity contribution in [1.29, 1.82) is 0 Å². The summed E-state index contributed by atoms with van der Waals surface area (Å²) < 4.78 is 0. The molecule has 5 aromatic rings. The van der Waals surface area contributed by atoms with Gasteiger partial charge in [-0.2, -0.15) is 26.9 Å². The number of H-pyrrole nitrogens is 1. The Balaban J connectivity index is 0.959. The van der Waals surface area contributed by atoms with E-state index in [0.29, 0.717) is 53.8 Å². The number of hydrogen-bond donors (Lipinski definition) is 8. The fourth-order valence-electron chi connectivity index (χ4n) is 8.38. The number of hydrogen-bond acceptors (Lipinski definition) is 20. The Morgan fingerprint density at radius 1 is 0.905 bits per heavy atom. The number of anilines is 4. The SMILES string of the molecule is CSC1CC(=O)N(CCCCCC(=O)C[C@H](C(=O)N[C@@H](C)C(=O)Cc2ccc(C(=O)CCCC[C@H](NC(=O)c3ccc(NCc4cnc5nc(N)nc(N)c5n4)cc3N)C(=O)O)c(-c3nn[nH]n3)c2)C(C)C)C1=O. The summed E-state index contributed by atoms with van der Waals surface area (Å²) in [4.78, 5) is 121. The highest BCUT2D eigenvalue weighted by Crippen LogP contribution is 2.27. The largest absolute Gasteiger partial charge is 0.480 e. The molecule has 6 rings (SSSR count). The zero-order chi connectivity index (χ0) is 53.6. The number of aromatic amines is 1. The van der Waals surface area contributed by atoms with Crippen LogP contribution in [0.5, 0.6) is 0 Å². The Morgan fingerprint density at radius 3 is 2.35 bits per heavy atom. The maximum atomic E-state index is 13.6. The molecule has 2 aromatic carbocycles. The van der Waals surface area contributed by atoms with Gasteiger partial charge < -0.3 is 38.3 Å². The number of thioether (sulfide) groups is 1. The summed E-state index contributed by atoms with van der Waals surface area (Å²) in [6, 6.07) is 7.18. The average Bonchev–Trinajstić information content (AvgIpc) is 4.00. The molecule has 1 aliphatic rings. The van der Waals surface area contributed by atoms with Crippen molar-refractivity contribution in [2.75, 3.05) is 35.3 Å². The van der Waals surface area contributed by atoms with E-state index in [-0.39, 0.29) is 138 Å². The van der Waals surface area contributed by atoms with Gasteiger partial charge in [0.1, 0.15) is 11.8 Å². The first-order valence-electron chi connectivity index (χ1n) is 24.2. The number of rotatable bonds is 28. The third-order valence-corrected chi connectivity index (χ3v) is 13.6. The molecule has 0 bridgehead atoms. The zero-order valence-electron chi connectivity index (χ0n) is 41.6. The Morgan fingerprint density at radius 2 is 1.66 bits per heavy atom. The number of imide groups is 1. The second-order valence-corrected chi connectivity index (χ2v) is 19.4. The Bertz CT molecular complexity index is 2900. The highest BCUT2D eigenvalue weighted by molar-refractivity contribution is 8.00. The van der Waals surface area contributed by atoms with Gasteiger partial charge >= 0.3 is 5.97 Å². The highest BCUT2D eigenvalue weighted by Gasteiger charge is 2.37. The topological polar surface area (TPSA) is 380 Å². The van der Waals surface area contributed by atoms with E-state index in [0.717, 1.165) is 0 Å². The van der Waals surface area contributed by atoms with E-state index in [9.17, 15) is 43.5 Å². The van der Waals surface area contributed by atoms with Gasteiger partial charge in [0.15, 0.2) is 28.5 Å². The molecule has 1 fully saturated rings. The van der Waals surface area contributed by atoms with Crippen LogP contribution in [0.4, 0.5) is 23.1 Å². The number of carbonyl (C=O) groups excluding carboxylic acids is 7. The lowest BCUT2D eigenvalue weighted by Crippen LogP contribution is -2.44. The molecule has 25 heteroatoms. The van der Waals surface area contributed by atoms with Crippen LogP contribution in [-0.4, -0.2) is 128 Å². The smallest absolute Gasteiger partial charge is 0.326 e. The first kappa shape index (κ1) is 55.4. The van der Waals surface area contributed by atoms with Crippen molar-refractivity contribution in [2.45, 2.75) is 115 Å². The van der Waals surface area contributed by atoms with Gasteiger partial charge in [0.25, 0.3) is 5.91 Å². The van der Waals surface area contributed by atoms with Crippen molar-refractivity contribution in [2.24, 2.45) is 11.8 Å². The molecular formula is C49H61N15O9S. The maximum absolute atomic E-state index is 13.6. The van der Waals surface area contributed by atoms with Crippen molar-refractivity contribution < 1.29 is 43.5 Å². The number of benzene rings is 2. The van der Waals surface area contributed by atoms with Gasteiger partial charge in [0.2, 0.25) is 29.5 Å². The summed E-state index contributed by atoms with van der Waals surface area (Å²) in [6.07, 6.45) is 6.00. The number of nitrogens with one attached hydrogen (secondary N) is 4. The van der Waals surface area contributed by atoms with Crippen molar-refractivity contribution in [3.05, 3.63) is 65.0 Å². The molecule has 4 atom stereocenters.